The summed E-state index contributed by atoms with van der Waals surface area (Å²) in [7, 11) is 0. The van der Waals surface area contributed by atoms with E-state index in [9.17, 15) is 4.57 Å². The average molecular weight is 312 g/mol. The second-order valence-corrected chi connectivity index (χ2v) is 9.07. The van der Waals surface area contributed by atoms with Gasteiger partial charge in [-0.15, -0.1) is 0 Å². The summed E-state index contributed by atoms with van der Waals surface area (Å²) >= 11 is 11.6. The molecule has 3 nitrogen and oxygen atoms in total. The van der Waals surface area contributed by atoms with Gasteiger partial charge in [0.25, 0.3) is 0 Å². The van der Waals surface area contributed by atoms with Gasteiger partial charge in [-0.3, -0.25) is 13.9 Å². The number of hydrogen-bond donors (Lipinski definition) is 0. The summed E-state index contributed by atoms with van der Waals surface area (Å²) in [6.07, 6.45) is 0.984. The fraction of sp³-hybridized carbons (Fsp3) is 0.800. The number of nitrogens with zero attached hydrogens (tertiary/aromatic N) is 2. The van der Waals surface area contributed by atoms with Crippen molar-refractivity contribution in [3.8, 4) is 0 Å². The zero-order valence-corrected chi connectivity index (χ0v) is 14.2. The molecule has 0 aliphatic heterocycles. The first-order chi connectivity index (χ1) is 7.97. The van der Waals surface area contributed by atoms with E-state index in [1.165, 1.54) is 16.9 Å². The van der Waals surface area contributed by atoms with Gasteiger partial charge in [0.2, 0.25) is 0 Å². The first kappa shape index (κ1) is 17.4. The number of thiocarbonyl (C=S) groups is 2. The van der Waals surface area contributed by atoms with Crippen molar-refractivity contribution in [3.05, 3.63) is 0 Å². The topological polar surface area (TPSA) is 23.6 Å². The minimum Gasteiger partial charge on any atom is -0.296 e. The van der Waals surface area contributed by atoms with Gasteiger partial charge in [-0.25, -0.2) is 0 Å². The Morgan fingerprint density at radius 3 is 2.24 bits per heavy atom. The molecule has 7 heteroatoms. The third-order valence-corrected chi connectivity index (χ3v) is 8.91. The Hall–Kier alpha value is 0.360. The van der Waals surface area contributed by atoms with Crippen LogP contribution in [0.4, 0.5) is 0 Å². The van der Waals surface area contributed by atoms with Crippen LogP contribution in [0.5, 0.6) is 0 Å². The summed E-state index contributed by atoms with van der Waals surface area (Å²) in [6, 6.07) is 0. The molecule has 100 valence electrons. The molecule has 0 fully saturated rings. The molecule has 0 aliphatic rings. The van der Waals surface area contributed by atoms with Crippen molar-refractivity contribution in [2.24, 2.45) is 0 Å². The molecule has 0 spiro atoms. The maximum absolute atomic E-state index is 13.1. The molecule has 0 rings (SSSR count). The quantitative estimate of drug-likeness (QED) is 0.492. The summed E-state index contributed by atoms with van der Waals surface area (Å²) in [4.78, 5) is 0.662. The van der Waals surface area contributed by atoms with Crippen LogP contribution < -0.4 is 0 Å². The Morgan fingerprint density at radius 2 is 1.94 bits per heavy atom. The van der Waals surface area contributed by atoms with Crippen LogP contribution in [0.2, 0.25) is 0 Å². The molecule has 0 heterocycles. The summed E-state index contributed by atoms with van der Waals surface area (Å²) in [5.74, 6) is 0.843. The van der Waals surface area contributed by atoms with E-state index in [2.05, 4.69) is 6.92 Å². The molecule has 0 aromatic heterocycles. The van der Waals surface area contributed by atoms with E-state index in [0.717, 1.165) is 12.2 Å². The van der Waals surface area contributed by atoms with E-state index in [1.807, 2.05) is 20.8 Å². The molecule has 0 radical (unpaired) electrons. The summed E-state index contributed by atoms with van der Waals surface area (Å²) in [5.41, 5.74) is 1.49. The molecule has 0 aliphatic carbocycles. The van der Waals surface area contributed by atoms with E-state index >= 15 is 0 Å². The van der Waals surface area contributed by atoms with Crippen molar-refractivity contribution in [2.75, 3.05) is 18.8 Å². The Labute approximate surface area is 120 Å². The Kier molecular flexibility index (Phi) is 8.64. The fourth-order valence-corrected chi connectivity index (χ4v) is 8.21. The zero-order valence-electron chi connectivity index (χ0n) is 10.9. The van der Waals surface area contributed by atoms with E-state index in [4.69, 9.17) is 24.4 Å². The van der Waals surface area contributed by atoms with Gasteiger partial charge in [0.15, 0.2) is 0 Å². The third kappa shape index (κ3) is 4.51. The van der Waals surface area contributed by atoms with Gasteiger partial charge in [-0.1, -0.05) is 42.7 Å². The van der Waals surface area contributed by atoms with E-state index in [-0.39, 0.29) is 0 Å². The van der Waals surface area contributed by atoms with Crippen LogP contribution in [0.3, 0.4) is 0 Å². The second kappa shape index (κ2) is 8.46. The van der Waals surface area contributed by atoms with Gasteiger partial charge in [0.1, 0.15) is 0 Å². The molecular weight excluding hydrogens is 291 g/mol. The van der Waals surface area contributed by atoms with Crippen molar-refractivity contribution in [1.29, 1.82) is 0 Å². The summed E-state index contributed by atoms with van der Waals surface area (Å²) in [5, 5.41) is 0. The lowest BCUT2D eigenvalue weighted by atomic mass is 10.6. The molecule has 0 bridgehead atoms. The van der Waals surface area contributed by atoms with Crippen molar-refractivity contribution in [3.63, 3.8) is 0 Å². The molecule has 17 heavy (non-hydrogen) atoms. The van der Waals surface area contributed by atoms with Crippen molar-refractivity contribution in [2.45, 2.75) is 34.1 Å². The predicted molar refractivity (Wildman–Crippen MR) is 87.0 cm³/mol. The second-order valence-electron chi connectivity index (χ2n) is 3.42. The van der Waals surface area contributed by atoms with Gasteiger partial charge in [0, 0.05) is 18.8 Å². The minimum absolute atomic E-state index is 0.636. The highest BCUT2D eigenvalue weighted by atomic mass is 32.7. The van der Waals surface area contributed by atoms with Crippen LogP contribution in [-0.2, 0) is 4.57 Å². The molecular formula is C10H21N2OPS3. The van der Waals surface area contributed by atoms with Gasteiger partial charge < -0.3 is 0 Å². The Morgan fingerprint density at radius 1 is 1.35 bits per heavy atom. The number of hydrogen-bond acceptors (Lipinski definition) is 4. The Balaban J connectivity index is 5.26. The third-order valence-electron chi connectivity index (χ3n) is 2.20. The van der Waals surface area contributed by atoms with Crippen LogP contribution in [-0.4, -0.2) is 38.7 Å². The molecule has 0 aromatic rings. The predicted octanol–water partition coefficient (Wildman–Crippen LogP) is 4.19. The summed E-state index contributed by atoms with van der Waals surface area (Å²) in [6.45, 7) is 6.35. The monoisotopic (exact) mass is 312 g/mol. The highest BCUT2D eigenvalue weighted by molar-refractivity contribution is 8.56. The van der Waals surface area contributed by atoms with Crippen LogP contribution in [0.1, 0.15) is 34.1 Å². The SMILES string of the molecule is CCCSP(=O)(N(C=S)CC)N(CC)C(C)=S. The fourth-order valence-electron chi connectivity index (χ4n) is 1.38. The van der Waals surface area contributed by atoms with Crippen LogP contribution in [0.15, 0.2) is 0 Å². The van der Waals surface area contributed by atoms with Crippen LogP contribution in [0.25, 0.3) is 0 Å². The van der Waals surface area contributed by atoms with Gasteiger partial charge in [0.05, 0.1) is 10.5 Å². The molecule has 1 unspecified atom stereocenters. The lowest BCUT2D eigenvalue weighted by Gasteiger charge is -2.37. The minimum atomic E-state index is -2.73. The van der Waals surface area contributed by atoms with Crippen molar-refractivity contribution < 1.29 is 4.57 Å². The Bertz CT molecular complexity index is 312. The van der Waals surface area contributed by atoms with Gasteiger partial charge in [-0.2, -0.15) is 0 Å². The molecule has 1 atom stereocenters. The zero-order chi connectivity index (χ0) is 13.5. The highest BCUT2D eigenvalue weighted by Crippen LogP contribution is 2.63. The van der Waals surface area contributed by atoms with Crippen molar-refractivity contribution in [1.82, 2.24) is 9.34 Å². The van der Waals surface area contributed by atoms with Crippen LogP contribution in [0, 0.1) is 0 Å². The first-order valence-electron chi connectivity index (χ1n) is 5.73. The summed E-state index contributed by atoms with van der Waals surface area (Å²) < 4.78 is 16.7. The lowest BCUT2D eigenvalue weighted by Crippen LogP contribution is -2.31. The normalized spacial score (nSPS) is 13.9. The van der Waals surface area contributed by atoms with Crippen LogP contribution >= 0.6 is 42.5 Å². The maximum atomic E-state index is 13.1. The lowest BCUT2D eigenvalue weighted by molar-refractivity contribution is 0.493. The largest absolute Gasteiger partial charge is 0.319 e. The smallest absolute Gasteiger partial charge is 0.296 e. The molecule has 0 saturated carbocycles. The molecule has 0 aromatic carbocycles. The highest BCUT2D eigenvalue weighted by Gasteiger charge is 2.35. The van der Waals surface area contributed by atoms with E-state index < -0.39 is 6.65 Å². The van der Waals surface area contributed by atoms with Crippen molar-refractivity contribution >= 4 is 52.9 Å². The molecule has 0 amide bonds. The van der Waals surface area contributed by atoms with Gasteiger partial charge >= 0.3 is 6.65 Å². The van der Waals surface area contributed by atoms with E-state index in [0.29, 0.717) is 18.1 Å². The van der Waals surface area contributed by atoms with E-state index in [1.54, 1.807) is 9.34 Å². The standard InChI is InChI=1S/C10H21N2OPS3/c1-5-8-17-14(13,11(6-2)9-15)12(7-3)10(4)16/h9H,5-8H2,1-4H3. The maximum Gasteiger partial charge on any atom is 0.319 e. The van der Waals surface area contributed by atoms with Gasteiger partial charge in [-0.05, 0) is 27.2 Å². The molecule has 0 N–H and O–H groups in total. The first-order valence-corrected chi connectivity index (χ1v) is 9.81. The average Bonchev–Trinajstić information content (AvgIpc) is 2.28. The number of rotatable bonds is 8. The molecule has 0 saturated heterocycles.